The zero-order valence-electron chi connectivity index (χ0n) is 10.8. The summed E-state index contributed by atoms with van der Waals surface area (Å²) in [6.07, 6.45) is 1.55. The second-order valence-electron chi connectivity index (χ2n) is 4.84. The molecule has 5 nitrogen and oxygen atoms in total. The summed E-state index contributed by atoms with van der Waals surface area (Å²) in [5.41, 5.74) is 5.46. The number of hydrogen-bond acceptors (Lipinski definition) is 4. The molecule has 1 amide bonds. The second kappa shape index (κ2) is 5.42. The Morgan fingerprint density at radius 3 is 2.65 bits per heavy atom. The van der Waals surface area contributed by atoms with Crippen molar-refractivity contribution >= 4 is 31.7 Å². The Labute approximate surface area is 125 Å². The number of likely N-dealkylation sites (tertiary alicyclic amines) is 1. The zero-order valence-corrected chi connectivity index (χ0v) is 13.2. The molecule has 2 N–H and O–H groups in total. The number of benzene rings is 1. The van der Waals surface area contributed by atoms with Crippen LogP contribution in [0.4, 0.5) is 4.39 Å². The minimum absolute atomic E-state index is 0.122. The molecule has 1 saturated heterocycles. The van der Waals surface area contributed by atoms with Crippen LogP contribution in [0.3, 0.4) is 0 Å². The van der Waals surface area contributed by atoms with Gasteiger partial charge in [0.25, 0.3) is 5.91 Å². The molecule has 0 unspecified atom stereocenters. The number of rotatable bonds is 2. The Kier molecular flexibility index (Phi) is 4.17. The van der Waals surface area contributed by atoms with Crippen molar-refractivity contribution in [1.82, 2.24) is 4.90 Å². The zero-order chi connectivity index (χ0) is 15.1. The van der Waals surface area contributed by atoms with Gasteiger partial charge >= 0.3 is 0 Å². The van der Waals surface area contributed by atoms with Crippen LogP contribution in [0.1, 0.15) is 16.8 Å². The van der Waals surface area contributed by atoms with Gasteiger partial charge in [-0.15, -0.1) is 0 Å². The number of carbonyl (C=O) groups excluding carboxylic acids is 1. The van der Waals surface area contributed by atoms with Gasteiger partial charge in [0.15, 0.2) is 15.7 Å². The van der Waals surface area contributed by atoms with E-state index in [1.807, 2.05) is 0 Å². The van der Waals surface area contributed by atoms with Gasteiger partial charge in [-0.05, 0) is 18.6 Å². The van der Waals surface area contributed by atoms with E-state index in [0.29, 0.717) is 24.0 Å². The Morgan fingerprint density at radius 2 is 2.15 bits per heavy atom. The average molecular weight is 365 g/mol. The van der Waals surface area contributed by atoms with Crippen molar-refractivity contribution in [2.75, 3.05) is 19.3 Å². The molecule has 1 aliphatic heterocycles. The van der Waals surface area contributed by atoms with E-state index in [1.54, 1.807) is 0 Å². The van der Waals surface area contributed by atoms with Gasteiger partial charge in [0.05, 0.1) is 5.56 Å². The van der Waals surface area contributed by atoms with E-state index in [9.17, 15) is 17.6 Å². The molecule has 8 heteroatoms. The summed E-state index contributed by atoms with van der Waals surface area (Å²) < 4.78 is 37.7. The first-order valence-corrected chi connectivity index (χ1v) is 8.62. The number of halogens is 2. The van der Waals surface area contributed by atoms with E-state index in [2.05, 4.69) is 15.9 Å². The van der Waals surface area contributed by atoms with E-state index in [1.165, 1.54) is 11.0 Å². The fourth-order valence-corrected chi connectivity index (χ4v) is 3.52. The van der Waals surface area contributed by atoms with Gasteiger partial charge in [-0.3, -0.25) is 4.79 Å². The third-order valence-corrected chi connectivity index (χ3v) is 4.70. The lowest BCUT2D eigenvalue weighted by molar-refractivity contribution is 0.0785. The Balaban J connectivity index is 2.47. The van der Waals surface area contributed by atoms with Crippen LogP contribution in [0.2, 0.25) is 0 Å². The van der Waals surface area contributed by atoms with E-state index < -0.39 is 26.5 Å². The summed E-state index contributed by atoms with van der Waals surface area (Å²) in [4.78, 5) is 13.2. The predicted molar refractivity (Wildman–Crippen MR) is 75.7 cm³/mol. The van der Waals surface area contributed by atoms with E-state index >= 15 is 0 Å². The molecule has 1 fully saturated rings. The highest BCUT2D eigenvalue weighted by atomic mass is 79.9. The highest BCUT2D eigenvalue weighted by molar-refractivity contribution is 9.10. The SMILES string of the molecule is CS(=O)(=O)c1cc(Br)cc(C(=O)N2CC[C@@H](N)C2)c1F. The molecular formula is C12H14BrFN2O3S. The summed E-state index contributed by atoms with van der Waals surface area (Å²) in [6.45, 7) is 0.791. The number of nitrogens with two attached hydrogens (primary N) is 1. The first kappa shape index (κ1) is 15.4. The topological polar surface area (TPSA) is 80.5 Å². The van der Waals surface area contributed by atoms with Crippen LogP contribution in [0, 0.1) is 5.82 Å². The third kappa shape index (κ3) is 3.02. The van der Waals surface area contributed by atoms with Gasteiger partial charge in [-0.25, -0.2) is 12.8 Å². The van der Waals surface area contributed by atoms with E-state index in [4.69, 9.17) is 5.73 Å². The maximum Gasteiger partial charge on any atom is 0.256 e. The highest BCUT2D eigenvalue weighted by Gasteiger charge is 2.29. The molecule has 0 spiro atoms. The molecule has 1 aromatic rings. The van der Waals surface area contributed by atoms with Gasteiger partial charge < -0.3 is 10.6 Å². The first-order valence-electron chi connectivity index (χ1n) is 5.94. The monoisotopic (exact) mass is 364 g/mol. The molecule has 0 radical (unpaired) electrons. The van der Waals surface area contributed by atoms with Crippen LogP contribution in [-0.4, -0.2) is 44.6 Å². The maximum atomic E-state index is 14.3. The molecular weight excluding hydrogens is 351 g/mol. The van der Waals surface area contributed by atoms with E-state index in [-0.39, 0.29) is 11.6 Å². The average Bonchev–Trinajstić information content (AvgIpc) is 2.76. The second-order valence-corrected chi connectivity index (χ2v) is 7.74. The lowest BCUT2D eigenvalue weighted by atomic mass is 10.2. The Hall–Kier alpha value is -0.990. The van der Waals surface area contributed by atoms with Gasteiger partial charge in [0.2, 0.25) is 0 Å². The minimum atomic E-state index is -3.75. The van der Waals surface area contributed by atoms with Crippen LogP contribution < -0.4 is 5.73 Å². The van der Waals surface area contributed by atoms with Gasteiger partial charge in [-0.2, -0.15) is 0 Å². The molecule has 1 aromatic carbocycles. The molecule has 1 aliphatic rings. The first-order chi connectivity index (χ1) is 9.20. The molecule has 1 atom stereocenters. The number of carbonyl (C=O) groups is 1. The molecule has 110 valence electrons. The van der Waals surface area contributed by atoms with Crippen molar-refractivity contribution in [1.29, 1.82) is 0 Å². The standard InChI is InChI=1S/C12H14BrFN2O3S/c1-20(18,19)10-5-7(13)4-9(11(10)14)12(17)16-3-2-8(15)6-16/h4-5,8H,2-3,6,15H2,1H3/t8-/m1/s1. The number of hydrogen-bond donors (Lipinski definition) is 1. The van der Waals surface area contributed by atoms with Gasteiger partial charge in [0, 0.05) is 29.9 Å². The van der Waals surface area contributed by atoms with Gasteiger partial charge in [-0.1, -0.05) is 15.9 Å². The van der Waals surface area contributed by atoms with Crippen LogP contribution in [0.25, 0.3) is 0 Å². The minimum Gasteiger partial charge on any atom is -0.337 e. The predicted octanol–water partition coefficient (Wildman–Crippen LogP) is 1.16. The smallest absolute Gasteiger partial charge is 0.256 e. The van der Waals surface area contributed by atoms with E-state index in [0.717, 1.165) is 12.3 Å². The molecule has 0 aromatic heterocycles. The third-order valence-electron chi connectivity index (χ3n) is 3.15. The summed E-state index contributed by atoms with van der Waals surface area (Å²) in [6, 6.07) is 2.32. The molecule has 0 bridgehead atoms. The Morgan fingerprint density at radius 1 is 1.50 bits per heavy atom. The summed E-state index contributed by atoms with van der Waals surface area (Å²) in [7, 11) is -3.75. The Bertz CT molecular complexity index is 663. The van der Waals surface area contributed by atoms with Crippen LogP contribution in [0.15, 0.2) is 21.5 Å². The van der Waals surface area contributed by atoms with Crippen molar-refractivity contribution in [2.24, 2.45) is 5.73 Å². The van der Waals surface area contributed by atoms with Crippen molar-refractivity contribution in [3.05, 3.63) is 28.0 Å². The molecule has 0 aliphatic carbocycles. The molecule has 1 heterocycles. The summed E-state index contributed by atoms with van der Waals surface area (Å²) in [5, 5.41) is 0. The number of amides is 1. The normalized spacial score (nSPS) is 19.4. The van der Waals surface area contributed by atoms with Crippen LogP contribution in [0.5, 0.6) is 0 Å². The van der Waals surface area contributed by atoms with Crippen molar-refractivity contribution < 1.29 is 17.6 Å². The largest absolute Gasteiger partial charge is 0.337 e. The van der Waals surface area contributed by atoms with Crippen LogP contribution >= 0.6 is 15.9 Å². The fraction of sp³-hybridized carbons (Fsp3) is 0.417. The van der Waals surface area contributed by atoms with Crippen molar-refractivity contribution in [3.8, 4) is 0 Å². The molecule has 0 saturated carbocycles. The lowest BCUT2D eigenvalue weighted by Crippen LogP contribution is -2.32. The highest BCUT2D eigenvalue weighted by Crippen LogP contribution is 2.26. The fourth-order valence-electron chi connectivity index (χ4n) is 2.13. The lowest BCUT2D eigenvalue weighted by Gasteiger charge is -2.17. The number of sulfone groups is 1. The van der Waals surface area contributed by atoms with Crippen molar-refractivity contribution in [2.45, 2.75) is 17.4 Å². The molecule has 20 heavy (non-hydrogen) atoms. The molecule has 2 rings (SSSR count). The summed E-state index contributed by atoms with van der Waals surface area (Å²) in [5.74, 6) is -1.55. The summed E-state index contributed by atoms with van der Waals surface area (Å²) >= 11 is 3.10. The van der Waals surface area contributed by atoms with Crippen molar-refractivity contribution in [3.63, 3.8) is 0 Å². The van der Waals surface area contributed by atoms with Crippen LogP contribution in [-0.2, 0) is 9.84 Å². The quantitative estimate of drug-likeness (QED) is 0.853. The maximum absolute atomic E-state index is 14.3. The van der Waals surface area contributed by atoms with Gasteiger partial charge in [0.1, 0.15) is 4.90 Å². The number of nitrogens with zero attached hydrogens (tertiary/aromatic N) is 1.